The van der Waals surface area contributed by atoms with E-state index in [-0.39, 0.29) is 5.54 Å². The second kappa shape index (κ2) is 19.2. The van der Waals surface area contributed by atoms with E-state index in [0.29, 0.717) is 35.3 Å². The van der Waals surface area contributed by atoms with Crippen molar-refractivity contribution >= 4 is 13.8 Å². The van der Waals surface area contributed by atoms with E-state index in [1.54, 1.807) is 0 Å². The second-order valence-electron chi connectivity index (χ2n) is 22.0. The van der Waals surface area contributed by atoms with Gasteiger partial charge in [-0.15, -0.1) is 0 Å². The minimum atomic E-state index is -1.98. The number of aryl methyl sites for hydroxylation is 4. The molecule has 2 fully saturated rings. The predicted molar refractivity (Wildman–Crippen MR) is 268 cm³/mol. The van der Waals surface area contributed by atoms with Gasteiger partial charge in [-0.25, -0.2) is 0 Å². The molecule has 4 aliphatic rings. The highest BCUT2D eigenvalue weighted by molar-refractivity contribution is 6.76. The van der Waals surface area contributed by atoms with E-state index < -0.39 is 13.7 Å². The Morgan fingerprint density at radius 1 is 0.661 bits per heavy atom. The van der Waals surface area contributed by atoms with Gasteiger partial charge in [0.2, 0.25) is 0 Å². The number of benzene rings is 3. The van der Waals surface area contributed by atoms with Gasteiger partial charge >= 0.3 is 0 Å². The molecule has 5 atom stereocenters. The van der Waals surface area contributed by atoms with E-state index in [4.69, 9.17) is 9.47 Å². The minimum absolute atomic E-state index is 0.152. The minimum Gasteiger partial charge on any atom is -0.493 e. The number of rotatable bonds is 17. The zero-order valence-corrected chi connectivity index (χ0v) is 42.6. The number of fused-ring (bicyclic) bond motifs is 4. The number of nitrogens with zero attached hydrogens (tertiary/aromatic N) is 1. The first kappa shape index (κ1) is 46.9. The van der Waals surface area contributed by atoms with E-state index in [2.05, 4.69) is 155 Å². The molecule has 3 aromatic carbocycles. The fourth-order valence-corrected chi connectivity index (χ4v) is 20.0. The van der Waals surface area contributed by atoms with Gasteiger partial charge in [0.05, 0.1) is 18.6 Å². The van der Waals surface area contributed by atoms with Crippen LogP contribution in [-0.4, -0.2) is 37.6 Å². The summed E-state index contributed by atoms with van der Waals surface area (Å²) in [6.07, 6.45) is 22.3. The van der Waals surface area contributed by atoms with Crippen LogP contribution in [0.2, 0.25) is 18.6 Å². The molecule has 0 N–H and O–H groups in total. The molecule has 0 bridgehead atoms. The standard InChI is InChI=1S/C58H85NO2Si/c1-14-16-18-25-31-60-54-39(3)33-45(34-40(54)4)58(46-35-41(5)55(42(6)36-46)61-32-26-19-17-15-2)52-30-24-23-29-48(52)50-37-51-49(38-53(50)58)43(7)44(8)56(51)62(12,13)59(57(9,10)11)47-27-21-20-22-28-47/h23-24,29-30,33-38,43-44,47,49,51,56H,14-22,25-28,31-32H2,1-13H3. The van der Waals surface area contributed by atoms with E-state index in [9.17, 15) is 0 Å². The van der Waals surface area contributed by atoms with Crippen LogP contribution in [0.15, 0.2) is 66.3 Å². The Labute approximate surface area is 380 Å². The normalized spacial score (nSPS) is 23.5. The number of allylic oxidation sites excluding steroid dienone is 4. The summed E-state index contributed by atoms with van der Waals surface area (Å²) in [5, 5.41) is 0. The maximum atomic E-state index is 6.63. The molecule has 62 heavy (non-hydrogen) atoms. The third-order valence-corrected chi connectivity index (χ3v) is 21.1. The first-order valence-electron chi connectivity index (χ1n) is 25.4. The van der Waals surface area contributed by atoms with Crippen molar-refractivity contribution in [3.8, 4) is 11.5 Å². The van der Waals surface area contributed by atoms with Crippen molar-refractivity contribution in [3.63, 3.8) is 0 Å². The topological polar surface area (TPSA) is 21.7 Å². The first-order chi connectivity index (χ1) is 29.6. The average molecular weight is 856 g/mol. The van der Waals surface area contributed by atoms with Crippen LogP contribution in [0, 0.1) is 51.4 Å². The molecule has 0 aromatic heterocycles. The van der Waals surface area contributed by atoms with Crippen molar-refractivity contribution in [2.45, 2.75) is 195 Å². The van der Waals surface area contributed by atoms with Crippen LogP contribution in [-0.2, 0) is 5.41 Å². The van der Waals surface area contributed by atoms with Crippen LogP contribution < -0.4 is 9.47 Å². The van der Waals surface area contributed by atoms with Crippen molar-refractivity contribution in [1.29, 1.82) is 0 Å². The van der Waals surface area contributed by atoms with Crippen LogP contribution in [0.3, 0.4) is 0 Å². The number of hydrogen-bond donors (Lipinski definition) is 0. The van der Waals surface area contributed by atoms with Gasteiger partial charge in [-0.2, -0.15) is 0 Å². The lowest BCUT2D eigenvalue weighted by Gasteiger charge is -2.56. The third kappa shape index (κ3) is 8.59. The van der Waals surface area contributed by atoms with Gasteiger partial charge < -0.3 is 14.0 Å². The van der Waals surface area contributed by atoms with Gasteiger partial charge in [0.1, 0.15) is 19.7 Å². The summed E-state index contributed by atoms with van der Waals surface area (Å²) >= 11 is 0. The molecule has 0 radical (unpaired) electrons. The molecule has 0 aliphatic heterocycles. The van der Waals surface area contributed by atoms with Crippen LogP contribution in [0.5, 0.6) is 11.5 Å². The summed E-state index contributed by atoms with van der Waals surface area (Å²) in [5.41, 5.74) is 13.8. The van der Waals surface area contributed by atoms with Crippen molar-refractivity contribution in [2.75, 3.05) is 13.2 Å². The fourth-order valence-electron chi connectivity index (χ4n) is 13.9. The molecule has 3 nitrogen and oxygen atoms in total. The van der Waals surface area contributed by atoms with E-state index in [1.165, 1.54) is 126 Å². The summed E-state index contributed by atoms with van der Waals surface area (Å²) in [7, 11) is -1.98. The number of ether oxygens (including phenoxy) is 2. The molecule has 0 saturated heterocycles. The van der Waals surface area contributed by atoms with E-state index >= 15 is 0 Å². The van der Waals surface area contributed by atoms with Gasteiger partial charge in [-0.1, -0.05) is 159 Å². The van der Waals surface area contributed by atoms with Crippen molar-refractivity contribution < 1.29 is 9.47 Å². The van der Waals surface area contributed by atoms with Crippen LogP contribution in [0.1, 0.15) is 176 Å². The smallest absolute Gasteiger partial charge is 0.127 e. The maximum absolute atomic E-state index is 6.63. The van der Waals surface area contributed by atoms with Crippen molar-refractivity contribution in [3.05, 3.63) is 111 Å². The SMILES string of the molecule is CCCCCCOc1c(C)cc(C2(c3cc(C)c(OCCCCCC)c(C)c3)C3=CC4C(C)C(C)C([Si](C)(C)N(C5CCCCC5)C(C)(C)C)C4C=C3c3ccccc32)cc1C. The Morgan fingerprint density at radius 2 is 1.18 bits per heavy atom. The Morgan fingerprint density at radius 3 is 1.68 bits per heavy atom. The lowest BCUT2D eigenvalue weighted by molar-refractivity contribution is 0.138. The third-order valence-electron chi connectivity index (χ3n) is 16.3. The predicted octanol–water partition coefficient (Wildman–Crippen LogP) is 16.0. The number of hydrogen-bond acceptors (Lipinski definition) is 3. The first-order valence-corrected chi connectivity index (χ1v) is 28.4. The van der Waals surface area contributed by atoms with Crippen LogP contribution in [0.4, 0.5) is 0 Å². The quantitative estimate of drug-likeness (QED) is 0.0997. The molecule has 7 rings (SSSR count). The molecular weight excluding hydrogens is 771 g/mol. The summed E-state index contributed by atoms with van der Waals surface area (Å²) in [6, 6.07) is 20.2. The Bertz CT molecular complexity index is 1980. The summed E-state index contributed by atoms with van der Waals surface area (Å²) in [5.74, 6) is 4.38. The second-order valence-corrected chi connectivity index (χ2v) is 26.5. The Kier molecular flexibility index (Phi) is 14.5. The van der Waals surface area contributed by atoms with Gasteiger partial charge in [0.25, 0.3) is 0 Å². The van der Waals surface area contributed by atoms with Gasteiger partial charge in [-0.3, -0.25) is 0 Å². The summed E-state index contributed by atoms with van der Waals surface area (Å²) in [6.45, 7) is 33.6. The monoisotopic (exact) mass is 856 g/mol. The zero-order valence-electron chi connectivity index (χ0n) is 41.6. The van der Waals surface area contributed by atoms with Crippen molar-refractivity contribution in [2.24, 2.45) is 23.7 Å². The summed E-state index contributed by atoms with van der Waals surface area (Å²) in [4.78, 5) is 0. The molecular formula is C58H85NO2Si. The van der Waals surface area contributed by atoms with Crippen LogP contribution in [0.25, 0.3) is 5.57 Å². The van der Waals surface area contributed by atoms with Crippen LogP contribution >= 0.6 is 0 Å². The molecule has 0 spiro atoms. The Hall–Kier alpha value is -3.08. The molecule has 4 aliphatic carbocycles. The van der Waals surface area contributed by atoms with Gasteiger partial charge in [0, 0.05) is 11.6 Å². The number of unbranched alkanes of at least 4 members (excludes halogenated alkanes) is 6. The molecule has 3 aromatic rings. The summed E-state index contributed by atoms with van der Waals surface area (Å²) < 4.78 is 16.4. The molecule has 0 amide bonds. The molecule has 338 valence electrons. The van der Waals surface area contributed by atoms with Crippen molar-refractivity contribution in [1.82, 2.24) is 4.57 Å². The van der Waals surface area contributed by atoms with E-state index in [0.717, 1.165) is 37.6 Å². The van der Waals surface area contributed by atoms with Gasteiger partial charge in [-0.05, 0) is 159 Å². The highest BCUT2D eigenvalue weighted by Crippen LogP contribution is 2.65. The highest BCUT2D eigenvalue weighted by atomic mass is 28.3. The lowest BCUT2D eigenvalue weighted by atomic mass is 9.64. The zero-order chi connectivity index (χ0) is 44.6. The average Bonchev–Trinajstić information content (AvgIpc) is 3.65. The molecule has 2 saturated carbocycles. The Balaban J connectivity index is 1.40. The molecule has 4 heteroatoms. The largest absolute Gasteiger partial charge is 0.493 e. The van der Waals surface area contributed by atoms with E-state index in [1.807, 2.05) is 0 Å². The molecule has 0 heterocycles. The van der Waals surface area contributed by atoms with Gasteiger partial charge in [0.15, 0.2) is 0 Å². The molecule has 5 unspecified atom stereocenters. The maximum Gasteiger partial charge on any atom is 0.127 e. The lowest BCUT2D eigenvalue weighted by Crippen LogP contribution is -2.65. The fraction of sp³-hybridized carbons (Fsp3) is 0.621. The highest BCUT2D eigenvalue weighted by Gasteiger charge is 2.59.